The van der Waals surface area contributed by atoms with Crippen LogP contribution in [0.5, 0.6) is 0 Å². The number of fused-ring (bicyclic) bond motifs is 1. The average Bonchev–Trinajstić information content (AvgIpc) is 3.60. The number of carbonyl (C=O) groups is 2. The van der Waals surface area contributed by atoms with Crippen LogP contribution < -0.4 is 10.6 Å². The molecule has 0 unspecified atom stereocenters. The summed E-state index contributed by atoms with van der Waals surface area (Å²) in [5.74, 6) is 0.152. The van der Waals surface area contributed by atoms with Gasteiger partial charge in [-0.1, -0.05) is 30.0 Å². The molecule has 2 N–H and O–H groups in total. The fraction of sp³-hybridized carbons (Fsp3) is 0.522. The molecule has 0 bridgehead atoms. The van der Waals surface area contributed by atoms with Gasteiger partial charge in [-0.25, -0.2) is 4.98 Å². The van der Waals surface area contributed by atoms with Gasteiger partial charge >= 0.3 is 0 Å². The van der Waals surface area contributed by atoms with Crippen molar-refractivity contribution in [1.82, 2.24) is 20.5 Å². The van der Waals surface area contributed by atoms with Crippen LogP contribution in [0.4, 0.5) is 0 Å². The number of morpholine rings is 1. The van der Waals surface area contributed by atoms with Crippen molar-refractivity contribution in [2.24, 2.45) is 0 Å². The predicted octanol–water partition coefficient (Wildman–Crippen LogP) is 2.45. The highest BCUT2D eigenvalue weighted by atomic mass is 32.2. The Hall–Kier alpha value is -2.16. The Morgan fingerprint density at radius 3 is 2.71 bits per heavy atom. The quantitative estimate of drug-likeness (QED) is 0.611. The van der Waals surface area contributed by atoms with Gasteiger partial charge in [-0.3, -0.25) is 14.5 Å². The van der Waals surface area contributed by atoms with E-state index in [9.17, 15) is 9.59 Å². The van der Waals surface area contributed by atoms with Gasteiger partial charge in [-0.15, -0.1) is 0 Å². The topological polar surface area (TPSA) is 83.6 Å². The smallest absolute Gasteiger partial charge is 0.252 e. The first-order chi connectivity index (χ1) is 14.9. The number of carbonyl (C=O) groups excluding carboxylic acids is 2. The molecule has 1 aromatic heterocycles. The molecule has 2 aromatic rings. The highest BCUT2D eigenvalue weighted by Crippen LogP contribution is 2.26. The normalized spacial score (nSPS) is 17.5. The lowest BCUT2D eigenvalue weighted by atomic mass is 10.0. The van der Waals surface area contributed by atoms with Crippen molar-refractivity contribution in [3.05, 3.63) is 35.9 Å². The molecule has 1 aliphatic carbocycles. The van der Waals surface area contributed by atoms with E-state index >= 15 is 0 Å². The van der Waals surface area contributed by atoms with E-state index in [1.54, 1.807) is 6.07 Å². The number of nitrogens with zero attached hydrogens (tertiary/aromatic N) is 2. The first kappa shape index (κ1) is 22.0. The van der Waals surface area contributed by atoms with Gasteiger partial charge in [0.1, 0.15) is 0 Å². The molecule has 4 rings (SSSR count). The number of aromatic nitrogens is 1. The van der Waals surface area contributed by atoms with Crippen LogP contribution >= 0.6 is 11.8 Å². The summed E-state index contributed by atoms with van der Waals surface area (Å²) in [6, 6.07) is 9.73. The number of rotatable bonds is 8. The van der Waals surface area contributed by atoms with Crippen molar-refractivity contribution in [3.63, 3.8) is 0 Å². The SMILES string of the molecule is CC(C)(CNC(=O)CSc1cc(C(=O)NC2CC2)c2ccccc2n1)N1CCOCC1. The molecule has 2 aliphatic rings. The summed E-state index contributed by atoms with van der Waals surface area (Å²) in [6.45, 7) is 8.08. The lowest BCUT2D eigenvalue weighted by Crippen LogP contribution is -2.55. The van der Waals surface area contributed by atoms with Gasteiger partial charge in [0.2, 0.25) is 5.91 Å². The van der Waals surface area contributed by atoms with E-state index in [4.69, 9.17) is 4.74 Å². The number of thioether (sulfide) groups is 1. The average molecular weight is 443 g/mol. The minimum atomic E-state index is -0.126. The number of hydrogen-bond donors (Lipinski definition) is 2. The Morgan fingerprint density at radius 1 is 1.23 bits per heavy atom. The summed E-state index contributed by atoms with van der Waals surface area (Å²) in [6.07, 6.45) is 2.08. The maximum Gasteiger partial charge on any atom is 0.252 e. The van der Waals surface area contributed by atoms with Crippen molar-refractivity contribution in [3.8, 4) is 0 Å². The van der Waals surface area contributed by atoms with Crippen LogP contribution in [0.15, 0.2) is 35.4 Å². The summed E-state index contributed by atoms with van der Waals surface area (Å²) in [5.41, 5.74) is 1.26. The summed E-state index contributed by atoms with van der Waals surface area (Å²) >= 11 is 1.36. The first-order valence-corrected chi connectivity index (χ1v) is 11.8. The summed E-state index contributed by atoms with van der Waals surface area (Å²) in [4.78, 5) is 32.2. The molecule has 1 aromatic carbocycles. The predicted molar refractivity (Wildman–Crippen MR) is 122 cm³/mol. The molecule has 0 atom stereocenters. The van der Waals surface area contributed by atoms with Crippen LogP contribution in [0.1, 0.15) is 37.0 Å². The van der Waals surface area contributed by atoms with Gasteiger partial charge in [0.15, 0.2) is 0 Å². The molecule has 2 fully saturated rings. The Balaban J connectivity index is 1.37. The third-order valence-corrected chi connectivity index (χ3v) is 6.70. The minimum Gasteiger partial charge on any atom is -0.379 e. The van der Waals surface area contributed by atoms with Gasteiger partial charge in [0.25, 0.3) is 5.91 Å². The minimum absolute atomic E-state index is 0.0368. The third kappa shape index (κ3) is 5.75. The van der Waals surface area contributed by atoms with Crippen LogP contribution in [0.3, 0.4) is 0 Å². The third-order valence-electron chi connectivity index (χ3n) is 5.79. The number of nitrogens with one attached hydrogen (secondary N) is 2. The second kappa shape index (κ2) is 9.54. The molecule has 1 saturated heterocycles. The second-order valence-electron chi connectivity index (χ2n) is 8.75. The van der Waals surface area contributed by atoms with Gasteiger partial charge < -0.3 is 15.4 Å². The highest BCUT2D eigenvalue weighted by Gasteiger charge is 2.28. The first-order valence-electron chi connectivity index (χ1n) is 10.9. The lowest BCUT2D eigenvalue weighted by Gasteiger charge is -2.40. The molecule has 2 amide bonds. The highest BCUT2D eigenvalue weighted by molar-refractivity contribution is 7.99. The van der Waals surface area contributed by atoms with Crippen LogP contribution in [-0.2, 0) is 9.53 Å². The Kier molecular flexibility index (Phi) is 6.79. The van der Waals surface area contributed by atoms with Gasteiger partial charge in [-0.05, 0) is 38.8 Å². The molecule has 1 saturated carbocycles. The molecule has 2 heterocycles. The Labute approximate surface area is 187 Å². The van der Waals surface area contributed by atoms with Gasteiger partial charge in [0.05, 0.1) is 35.1 Å². The number of benzene rings is 1. The van der Waals surface area contributed by atoms with Crippen molar-refractivity contribution in [1.29, 1.82) is 0 Å². The zero-order valence-corrected chi connectivity index (χ0v) is 19.0. The van der Waals surface area contributed by atoms with Crippen molar-refractivity contribution >= 4 is 34.5 Å². The van der Waals surface area contributed by atoms with Crippen molar-refractivity contribution < 1.29 is 14.3 Å². The Bertz CT molecular complexity index is 955. The standard InChI is InChI=1S/C23H30N4O3S/c1-23(2,27-9-11-30-12-10-27)15-24-20(28)14-31-21-13-18(22(29)25-16-7-8-16)17-5-3-4-6-19(17)26-21/h3-6,13,16H,7-12,14-15H2,1-2H3,(H,24,28)(H,25,29). The monoisotopic (exact) mass is 442 g/mol. The largest absolute Gasteiger partial charge is 0.379 e. The molecule has 8 heteroatoms. The van der Waals surface area contributed by atoms with E-state index in [0.29, 0.717) is 17.1 Å². The summed E-state index contributed by atoms with van der Waals surface area (Å²) in [7, 11) is 0. The number of ether oxygens (including phenoxy) is 1. The van der Waals surface area contributed by atoms with E-state index in [2.05, 4.69) is 34.4 Å². The van der Waals surface area contributed by atoms with Crippen molar-refractivity contribution in [2.75, 3.05) is 38.6 Å². The maximum atomic E-state index is 12.7. The van der Waals surface area contributed by atoms with E-state index < -0.39 is 0 Å². The van der Waals surface area contributed by atoms with Crippen LogP contribution in [0, 0.1) is 0 Å². The van der Waals surface area contributed by atoms with E-state index in [-0.39, 0.29) is 29.1 Å². The van der Waals surface area contributed by atoms with E-state index in [1.807, 2.05) is 24.3 Å². The van der Waals surface area contributed by atoms with Gasteiger partial charge in [0, 0.05) is 36.6 Å². The van der Waals surface area contributed by atoms with Crippen LogP contribution in [0.2, 0.25) is 0 Å². The fourth-order valence-corrected chi connectivity index (χ4v) is 4.43. The number of para-hydroxylation sites is 1. The Morgan fingerprint density at radius 2 is 1.97 bits per heavy atom. The zero-order valence-electron chi connectivity index (χ0n) is 18.1. The van der Waals surface area contributed by atoms with E-state index in [1.165, 1.54) is 11.8 Å². The molecular weight excluding hydrogens is 412 g/mol. The zero-order chi connectivity index (χ0) is 21.8. The molecule has 0 radical (unpaired) electrons. The lowest BCUT2D eigenvalue weighted by molar-refractivity contribution is -0.119. The maximum absolute atomic E-state index is 12.7. The number of amides is 2. The summed E-state index contributed by atoms with van der Waals surface area (Å²) in [5, 5.41) is 7.62. The molecule has 1 aliphatic heterocycles. The van der Waals surface area contributed by atoms with Gasteiger partial charge in [-0.2, -0.15) is 0 Å². The van der Waals surface area contributed by atoms with Crippen molar-refractivity contribution in [2.45, 2.75) is 43.3 Å². The fourth-order valence-electron chi connectivity index (χ4n) is 3.69. The number of pyridine rings is 1. The van der Waals surface area contributed by atoms with Crippen LogP contribution in [0.25, 0.3) is 10.9 Å². The molecule has 166 valence electrons. The molecular formula is C23H30N4O3S. The van der Waals surface area contributed by atoms with E-state index in [0.717, 1.165) is 50.0 Å². The summed E-state index contributed by atoms with van der Waals surface area (Å²) < 4.78 is 5.42. The molecule has 0 spiro atoms. The van der Waals surface area contributed by atoms with Crippen LogP contribution in [-0.4, -0.2) is 71.9 Å². The molecule has 7 nitrogen and oxygen atoms in total. The molecule has 31 heavy (non-hydrogen) atoms. The second-order valence-corrected chi connectivity index (χ2v) is 9.75. The number of hydrogen-bond acceptors (Lipinski definition) is 6.